The van der Waals surface area contributed by atoms with E-state index >= 15 is 0 Å². The van der Waals surface area contributed by atoms with Crippen LogP contribution in [-0.2, 0) is 11.2 Å². The van der Waals surface area contributed by atoms with E-state index in [0.717, 1.165) is 48.9 Å². The molecule has 1 unspecified atom stereocenters. The number of hydrogen-bond donors (Lipinski definition) is 1. The zero-order valence-electron chi connectivity index (χ0n) is 14.7. The standard InChI is InChI=1S/C18H26N4O2/c1-13(19)10-15-8-9-16(11-20-15)21(2)18(24)22(3)17-7-5-4-6-14(17)12-23/h8-9,11-13H,4-7,10,19H2,1-3H3. The summed E-state index contributed by atoms with van der Waals surface area (Å²) in [4.78, 5) is 31.4. The zero-order valence-corrected chi connectivity index (χ0v) is 14.7. The summed E-state index contributed by atoms with van der Waals surface area (Å²) < 4.78 is 0. The summed E-state index contributed by atoms with van der Waals surface area (Å²) in [5.74, 6) is 0. The van der Waals surface area contributed by atoms with E-state index in [-0.39, 0.29) is 12.1 Å². The van der Waals surface area contributed by atoms with Gasteiger partial charge in [0, 0.05) is 43.5 Å². The Bertz CT molecular complexity index is 622. The number of allylic oxidation sites excluding steroid dienone is 2. The van der Waals surface area contributed by atoms with Crippen LogP contribution in [0.3, 0.4) is 0 Å². The minimum Gasteiger partial charge on any atom is -0.328 e. The van der Waals surface area contributed by atoms with E-state index in [1.54, 1.807) is 30.1 Å². The quantitative estimate of drug-likeness (QED) is 0.841. The van der Waals surface area contributed by atoms with E-state index in [0.29, 0.717) is 12.1 Å². The van der Waals surface area contributed by atoms with E-state index in [1.807, 2.05) is 19.1 Å². The fourth-order valence-corrected chi connectivity index (χ4v) is 2.94. The first-order valence-corrected chi connectivity index (χ1v) is 8.33. The van der Waals surface area contributed by atoms with Crippen molar-refractivity contribution in [2.45, 2.75) is 45.1 Å². The van der Waals surface area contributed by atoms with Gasteiger partial charge in [0.05, 0.1) is 11.9 Å². The molecule has 0 bridgehead atoms. The van der Waals surface area contributed by atoms with Crippen molar-refractivity contribution in [3.63, 3.8) is 0 Å². The number of urea groups is 1. The number of pyridine rings is 1. The average molecular weight is 330 g/mol. The molecule has 1 aromatic rings. The van der Waals surface area contributed by atoms with Gasteiger partial charge in [-0.15, -0.1) is 0 Å². The number of carbonyl (C=O) groups is 2. The molecule has 2 N–H and O–H groups in total. The first-order chi connectivity index (χ1) is 11.4. The number of nitrogens with two attached hydrogens (primary N) is 1. The summed E-state index contributed by atoms with van der Waals surface area (Å²) in [7, 11) is 3.44. The second kappa shape index (κ2) is 8.06. The smallest absolute Gasteiger partial charge is 0.328 e. The molecule has 24 heavy (non-hydrogen) atoms. The molecule has 1 heterocycles. The van der Waals surface area contributed by atoms with Crippen molar-refractivity contribution in [3.05, 3.63) is 35.3 Å². The summed E-state index contributed by atoms with van der Waals surface area (Å²) in [6, 6.07) is 3.63. The van der Waals surface area contributed by atoms with Gasteiger partial charge in [-0.2, -0.15) is 0 Å². The predicted octanol–water partition coefficient (Wildman–Crippen LogP) is 2.49. The van der Waals surface area contributed by atoms with Crippen molar-refractivity contribution in [2.75, 3.05) is 19.0 Å². The number of carbonyl (C=O) groups excluding carboxylic acids is 2. The highest BCUT2D eigenvalue weighted by Gasteiger charge is 2.23. The van der Waals surface area contributed by atoms with Gasteiger partial charge in [-0.1, -0.05) is 0 Å². The molecular formula is C18H26N4O2. The van der Waals surface area contributed by atoms with Crippen LogP contribution >= 0.6 is 0 Å². The van der Waals surface area contributed by atoms with Crippen molar-refractivity contribution in [1.29, 1.82) is 0 Å². The Morgan fingerprint density at radius 2 is 2.00 bits per heavy atom. The maximum atomic E-state index is 12.7. The Morgan fingerprint density at radius 3 is 2.58 bits per heavy atom. The van der Waals surface area contributed by atoms with Crippen LogP contribution in [0.5, 0.6) is 0 Å². The van der Waals surface area contributed by atoms with Gasteiger partial charge in [0.25, 0.3) is 0 Å². The Balaban J connectivity index is 2.13. The van der Waals surface area contributed by atoms with Crippen molar-refractivity contribution in [3.8, 4) is 0 Å². The first kappa shape index (κ1) is 18.1. The number of aromatic nitrogens is 1. The van der Waals surface area contributed by atoms with E-state index in [4.69, 9.17) is 5.73 Å². The van der Waals surface area contributed by atoms with Gasteiger partial charge in [-0.25, -0.2) is 4.79 Å². The molecule has 1 aliphatic carbocycles. The van der Waals surface area contributed by atoms with Crippen molar-refractivity contribution < 1.29 is 9.59 Å². The van der Waals surface area contributed by atoms with E-state index in [9.17, 15) is 9.59 Å². The zero-order chi connectivity index (χ0) is 17.7. The molecule has 0 spiro atoms. The topological polar surface area (TPSA) is 79.5 Å². The van der Waals surface area contributed by atoms with Gasteiger partial charge in [-0.3, -0.25) is 14.7 Å². The largest absolute Gasteiger partial charge is 0.328 e. The SMILES string of the molecule is CC(N)Cc1ccc(N(C)C(=O)N(C)C2=C(C=O)CCCC2)cn1. The van der Waals surface area contributed by atoms with Gasteiger partial charge >= 0.3 is 6.03 Å². The van der Waals surface area contributed by atoms with E-state index in [2.05, 4.69) is 4.98 Å². The summed E-state index contributed by atoms with van der Waals surface area (Å²) in [6.45, 7) is 1.93. The summed E-state index contributed by atoms with van der Waals surface area (Å²) >= 11 is 0. The summed E-state index contributed by atoms with van der Waals surface area (Å²) in [5.41, 5.74) is 8.95. The molecule has 0 saturated heterocycles. The van der Waals surface area contributed by atoms with Gasteiger partial charge in [0.2, 0.25) is 0 Å². The summed E-state index contributed by atoms with van der Waals surface area (Å²) in [6.07, 6.45) is 6.76. The highest BCUT2D eigenvalue weighted by Crippen LogP contribution is 2.26. The predicted molar refractivity (Wildman–Crippen MR) is 94.7 cm³/mol. The molecular weight excluding hydrogens is 304 g/mol. The molecule has 6 nitrogen and oxygen atoms in total. The number of anilines is 1. The van der Waals surface area contributed by atoms with E-state index < -0.39 is 0 Å². The third kappa shape index (κ3) is 4.20. The average Bonchev–Trinajstić information content (AvgIpc) is 2.60. The van der Waals surface area contributed by atoms with Gasteiger partial charge < -0.3 is 10.6 Å². The van der Waals surface area contributed by atoms with Gasteiger partial charge in [0.15, 0.2) is 0 Å². The highest BCUT2D eigenvalue weighted by molar-refractivity contribution is 5.93. The lowest BCUT2D eigenvalue weighted by molar-refractivity contribution is -0.105. The third-order valence-corrected chi connectivity index (χ3v) is 4.33. The lowest BCUT2D eigenvalue weighted by Crippen LogP contribution is -2.39. The molecule has 0 aromatic carbocycles. The molecule has 0 radical (unpaired) electrons. The molecule has 130 valence electrons. The lowest BCUT2D eigenvalue weighted by atomic mass is 9.96. The van der Waals surface area contributed by atoms with Crippen molar-refractivity contribution in [1.82, 2.24) is 9.88 Å². The Kier molecular flexibility index (Phi) is 6.09. The minimum absolute atomic E-state index is 0.0499. The fourth-order valence-electron chi connectivity index (χ4n) is 2.94. The van der Waals surface area contributed by atoms with E-state index in [1.165, 1.54) is 0 Å². The molecule has 0 fully saturated rings. The Hall–Kier alpha value is -2.21. The number of nitrogens with zero attached hydrogens (tertiary/aromatic N) is 3. The van der Waals surface area contributed by atoms with Crippen LogP contribution in [0.2, 0.25) is 0 Å². The molecule has 2 rings (SSSR count). The van der Waals surface area contributed by atoms with Crippen LogP contribution in [0.25, 0.3) is 0 Å². The molecule has 1 aromatic heterocycles. The molecule has 6 heteroatoms. The summed E-state index contributed by atoms with van der Waals surface area (Å²) in [5, 5.41) is 0. The number of aldehydes is 1. The normalized spacial score (nSPS) is 15.8. The molecule has 1 aliphatic rings. The molecule has 1 atom stereocenters. The van der Waals surface area contributed by atoms with Crippen LogP contribution in [0.1, 0.15) is 38.3 Å². The third-order valence-electron chi connectivity index (χ3n) is 4.33. The Morgan fingerprint density at radius 1 is 1.29 bits per heavy atom. The van der Waals surface area contributed by atoms with Crippen molar-refractivity contribution in [2.24, 2.45) is 5.73 Å². The van der Waals surface area contributed by atoms with Crippen LogP contribution in [-0.4, -0.2) is 42.3 Å². The number of hydrogen-bond acceptors (Lipinski definition) is 4. The van der Waals surface area contributed by atoms with Crippen LogP contribution in [0.4, 0.5) is 10.5 Å². The monoisotopic (exact) mass is 330 g/mol. The van der Waals surface area contributed by atoms with Crippen molar-refractivity contribution >= 4 is 18.0 Å². The Labute approximate surface area is 143 Å². The van der Waals surface area contributed by atoms with Crippen LogP contribution in [0, 0.1) is 0 Å². The number of amides is 2. The number of rotatable bonds is 5. The van der Waals surface area contributed by atoms with Gasteiger partial charge in [-0.05, 0) is 44.7 Å². The maximum Gasteiger partial charge on any atom is 0.328 e. The highest BCUT2D eigenvalue weighted by atomic mass is 16.2. The minimum atomic E-state index is -0.173. The van der Waals surface area contributed by atoms with Crippen LogP contribution < -0.4 is 10.6 Å². The molecule has 2 amide bonds. The lowest BCUT2D eigenvalue weighted by Gasteiger charge is -2.29. The molecule has 0 saturated carbocycles. The van der Waals surface area contributed by atoms with Gasteiger partial charge in [0.1, 0.15) is 6.29 Å². The maximum absolute atomic E-state index is 12.7. The van der Waals surface area contributed by atoms with Crippen LogP contribution in [0.15, 0.2) is 29.6 Å². The fraction of sp³-hybridized carbons (Fsp3) is 0.500. The second-order valence-electron chi connectivity index (χ2n) is 6.39. The molecule has 0 aliphatic heterocycles. The first-order valence-electron chi connectivity index (χ1n) is 8.33. The second-order valence-corrected chi connectivity index (χ2v) is 6.39.